The highest BCUT2D eigenvalue weighted by Gasteiger charge is 2.29. The van der Waals surface area contributed by atoms with Crippen molar-refractivity contribution in [3.05, 3.63) is 291 Å². The number of furan rings is 1. The van der Waals surface area contributed by atoms with Gasteiger partial charge in [-0.15, -0.1) is 34.0 Å². The topological polar surface area (TPSA) is 22.9 Å². The Labute approximate surface area is 499 Å². The first-order chi connectivity index (χ1) is 41.8. The van der Waals surface area contributed by atoms with Crippen molar-refractivity contribution in [3.8, 4) is 11.1 Å². The third kappa shape index (κ3) is 8.29. The molecule has 4 aromatic heterocycles. The molecule has 4 nitrogen and oxygen atoms in total. The minimum atomic E-state index is -0.352. The predicted molar refractivity (Wildman–Crippen MR) is 359 cm³/mol. The molecule has 0 N–H and O–H groups in total. The summed E-state index contributed by atoms with van der Waals surface area (Å²) < 4.78 is 44.6. The van der Waals surface area contributed by atoms with Gasteiger partial charge in [-0.1, -0.05) is 153 Å². The van der Waals surface area contributed by atoms with E-state index in [9.17, 15) is 0 Å². The Hall–Kier alpha value is -10.3. The van der Waals surface area contributed by atoms with Gasteiger partial charge in [-0.05, 0) is 132 Å². The van der Waals surface area contributed by atoms with E-state index < -0.39 is 0 Å². The second-order valence-corrected chi connectivity index (χ2v) is 24.1. The number of nitrogens with zero attached hydrogens (tertiary/aromatic N) is 3. The van der Waals surface area contributed by atoms with Crippen LogP contribution in [0.2, 0.25) is 0 Å². The summed E-state index contributed by atoms with van der Waals surface area (Å²) in [7, 11) is 0. The van der Waals surface area contributed by atoms with E-state index in [1.54, 1.807) is 40.1 Å². The fraction of sp³-hybridized carbons (Fsp3) is 0. The van der Waals surface area contributed by atoms with Crippen molar-refractivity contribution in [2.75, 3.05) is 14.7 Å². The van der Waals surface area contributed by atoms with Gasteiger partial charge in [0.05, 0.1) is 42.5 Å². The third-order valence-electron chi connectivity index (χ3n) is 16.1. The Morgan fingerprint density at radius 2 is 0.929 bits per heavy atom. The van der Waals surface area contributed by atoms with Gasteiger partial charge in [0.1, 0.15) is 11.6 Å². The van der Waals surface area contributed by atoms with E-state index in [4.69, 9.17) is 11.0 Å². The van der Waals surface area contributed by atoms with E-state index >= 15 is 8.78 Å². The van der Waals surface area contributed by atoms with E-state index in [0.717, 1.165) is 123 Å². The molecule has 0 spiro atoms. The molecule has 4 heterocycles. The van der Waals surface area contributed by atoms with Crippen LogP contribution in [-0.2, 0) is 0 Å². The van der Waals surface area contributed by atoms with Gasteiger partial charge in [-0.25, -0.2) is 8.78 Å². The Morgan fingerprint density at radius 3 is 1.52 bits per heavy atom. The lowest BCUT2D eigenvalue weighted by atomic mass is 9.94. The first-order valence-electron chi connectivity index (χ1n) is 27.8. The average Bonchev–Trinajstić information content (AvgIpc) is 3.08. The maximum atomic E-state index is 15.3. The first kappa shape index (κ1) is 50.4. The third-order valence-corrected chi connectivity index (χ3v) is 19.7. The molecule has 0 aliphatic rings. The number of thiophene rings is 3. The highest BCUT2D eigenvalue weighted by Crippen LogP contribution is 2.53. The number of halogens is 2. The summed E-state index contributed by atoms with van der Waals surface area (Å²) in [4.78, 5) is 6.67. The molecule has 0 aliphatic carbocycles. The van der Waals surface area contributed by atoms with Gasteiger partial charge < -0.3 is 19.1 Å². The highest BCUT2D eigenvalue weighted by molar-refractivity contribution is 7.27. The van der Waals surface area contributed by atoms with Crippen molar-refractivity contribution in [1.29, 1.82) is 0 Å². The molecule has 402 valence electrons. The monoisotopic (exact) mass is 1150 g/mol. The van der Waals surface area contributed by atoms with Crippen molar-refractivity contribution in [1.82, 2.24) is 0 Å². The van der Waals surface area contributed by atoms with Crippen molar-refractivity contribution in [2.45, 2.75) is 0 Å². The molecule has 16 aromatic rings. The average molecular weight is 1150 g/mol. The zero-order valence-electron chi connectivity index (χ0n) is 45.3. The van der Waals surface area contributed by atoms with Gasteiger partial charge in [0.25, 0.3) is 0 Å². The highest BCUT2D eigenvalue weighted by atomic mass is 32.1. The van der Waals surface area contributed by atoms with Crippen LogP contribution in [0.3, 0.4) is 0 Å². The first-order valence-corrected chi connectivity index (χ1v) is 30.3. The van der Waals surface area contributed by atoms with Gasteiger partial charge in [0.2, 0.25) is 0 Å². The molecule has 9 heteroatoms. The molecular formula is C76H45F2N3OS3. The van der Waals surface area contributed by atoms with Crippen LogP contribution in [0.1, 0.15) is 0 Å². The van der Waals surface area contributed by atoms with Crippen LogP contribution in [-0.4, -0.2) is 0 Å². The van der Waals surface area contributed by atoms with Gasteiger partial charge in [0, 0.05) is 91.1 Å². The van der Waals surface area contributed by atoms with E-state index in [0.29, 0.717) is 16.9 Å². The lowest BCUT2D eigenvalue weighted by Gasteiger charge is -2.30. The molecule has 0 unspecified atom stereocenters. The molecule has 0 fully saturated rings. The van der Waals surface area contributed by atoms with Gasteiger partial charge >= 0.3 is 0 Å². The minimum Gasteiger partial charge on any atom is -0.445 e. The number of hydrogen-bond acceptors (Lipinski definition) is 7. The second-order valence-electron chi connectivity index (χ2n) is 21.0. The number of allylic oxidation sites excluding steroid dienone is 3. The fourth-order valence-corrected chi connectivity index (χ4v) is 15.9. The van der Waals surface area contributed by atoms with Crippen LogP contribution in [0.4, 0.5) is 54.3 Å². The maximum Gasteiger partial charge on any atom is 0.185 e. The number of rotatable bonds is 12. The largest absolute Gasteiger partial charge is 0.445 e. The Kier molecular flexibility index (Phi) is 12.0. The second kappa shape index (κ2) is 20.2. The molecule has 0 radical (unpaired) electrons. The Bertz CT molecular complexity index is 5420. The van der Waals surface area contributed by atoms with Crippen LogP contribution >= 0.6 is 34.0 Å². The predicted octanol–water partition coefficient (Wildman–Crippen LogP) is 23.7. The van der Waals surface area contributed by atoms with E-state index in [1.165, 1.54) is 39.7 Å². The van der Waals surface area contributed by atoms with Crippen molar-refractivity contribution >= 4 is 173 Å². The maximum absolute atomic E-state index is 15.3. The van der Waals surface area contributed by atoms with Crippen LogP contribution in [0.5, 0.6) is 0 Å². The number of hydrogen-bond donors (Lipinski definition) is 0. The number of fused-ring (bicyclic) bond motifs is 13. The molecule has 0 amide bonds. The quantitative estimate of drug-likeness (QED) is 0.114. The van der Waals surface area contributed by atoms with Crippen LogP contribution in [0.15, 0.2) is 272 Å². The van der Waals surface area contributed by atoms with Gasteiger partial charge in [-0.3, -0.25) is 0 Å². The summed E-state index contributed by atoms with van der Waals surface area (Å²) in [5.41, 5.74) is 10.2. The van der Waals surface area contributed by atoms with E-state index in [2.05, 4.69) is 215 Å². The standard InChI is InChI=1S/C76H45F2N3OS3/c1-3-4-16-46(2)79(64-25-13-22-58-55-19-7-10-28-69(55)83-74(58)64)63-41-31-47-17-5-6-18-54(47)72(63)48-32-42-68-61(43-48)62-44-53(80(51-37-33-49(77)34-38-51)65-26-14-23-59-56-20-8-11-29-70(56)84-75(59)65)45-67(73(62)82-68)81(52-39-35-50(78)36-40-52)66-27-15-24-60-57-21-9-12-30-71(57)85-76(60)66/h3-31,33-41,43-45H,1-2H2/b16-4-. The lowest BCUT2D eigenvalue weighted by Crippen LogP contribution is -2.15. The molecule has 16 rings (SSSR count). The van der Waals surface area contributed by atoms with E-state index in [-0.39, 0.29) is 11.6 Å². The Morgan fingerprint density at radius 1 is 0.424 bits per heavy atom. The Balaban J connectivity index is 1.00. The molecule has 0 aliphatic heterocycles. The number of anilines is 8. The lowest BCUT2D eigenvalue weighted by molar-refractivity contribution is 0.627. The zero-order chi connectivity index (χ0) is 56.9. The van der Waals surface area contributed by atoms with Gasteiger partial charge in [-0.2, -0.15) is 0 Å². The van der Waals surface area contributed by atoms with Crippen molar-refractivity contribution < 1.29 is 13.2 Å². The summed E-state index contributed by atoms with van der Waals surface area (Å²) in [5.74, 6) is -0.693. The summed E-state index contributed by atoms with van der Waals surface area (Å²) in [5, 5.41) is 10.6. The summed E-state index contributed by atoms with van der Waals surface area (Å²) in [6.07, 6.45) is 5.70. The van der Waals surface area contributed by atoms with Crippen LogP contribution < -0.4 is 14.7 Å². The molecule has 12 aromatic carbocycles. The molecule has 0 saturated carbocycles. The van der Waals surface area contributed by atoms with Crippen molar-refractivity contribution in [2.24, 2.45) is 0 Å². The van der Waals surface area contributed by atoms with Crippen LogP contribution in [0.25, 0.3) is 104 Å². The van der Waals surface area contributed by atoms with E-state index in [1.807, 2.05) is 36.4 Å². The fourth-order valence-electron chi connectivity index (χ4n) is 12.3. The van der Waals surface area contributed by atoms with Crippen LogP contribution in [0, 0.1) is 23.8 Å². The summed E-state index contributed by atoms with van der Waals surface area (Å²) in [6.45, 7) is 8.77. The summed E-state index contributed by atoms with van der Waals surface area (Å²) in [6, 6.07) is 84.7. The summed E-state index contributed by atoms with van der Waals surface area (Å²) >= 11 is 5.22. The zero-order valence-corrected chi connectivity index (χ0v) is 47.8. The van der Waals surface area contributed by atoms with Gasteiger partial charge in [0.15, 0.2) is 11.2 Å². The molecular weight excluding hydrogens is 1110 g/mol. The van der Waals surface area contributed by atoms with Crippen molar-refractivity contribution in [3.63, 3.8) is 0 Å². The minimum absolute atomic E-state index is 0.342. The smallest absolute Gasteiger partial charge is 0.185 e. The molecule has 0 bridgehead atoms. The molecule has 0 saturated heterocycles. The molecule has 0 atom stereocenters. The normalized spacial score (nSPS) is 11.8. The molecule has 85 heavy (non-hydrogen) atoms. The SMILES string of the molecule is C=C/C=C\C(=C)N(c1ccc2ccccc2c1-c1c#cc2oc3c(N(c4ccc(F)cc4)c4cccc5c4sc4ccccc45)cc(N(c4ccc(F)cc4)c4cccc5c4sc4ccccc45)cc3c2c1)c1cccc2c1sc1ccccc12. The number of benzene rings is 11.